The summed E-state index contributed by atoms with van der Waals surface area (Å²) in [4.78, 5) is 26.4. The quantitative estimate of drug-likeness (QED) is 0.895. The molecule has 0 bridgehead atoms. The van der Waals surface area contributed by atoms with Gasteiger partial charge in [-0.1, -0.05) is 24.3 Å². The molecule has 0 amide bonds. The zero-order valence-corrected chi connectivity index (χ0v) is 11.9. The lowest BCUT2D eigenvalue weighted by Gasteiger charge is -2.11. The summed E-state index contributed by atoms with van der Waals surface area (Å²) < 4.78 is 1.19. The lowest BCUT2D eigenvalue weighted by molar-refractivity contribution is 0.546. The van der Waals surface area contributed by atoms with Crippen LogP contribution >= 0.6 is 0 Å². The summed E-state index contributed by atoms with van der Waals surface area (Å²) in [6.45, 7) is 6.19. The van der Waals surface area contributed by atoms with E-state index in [2.05, 4.69) is 10.3 Å². The van der Waals surface area contributed by atoms with E-state index in [1.165, 1.54) is 10.6 Å². The van der Waals surface area contributed by atoms with Gasteiger partial charge in [0.15, 0.2) is 0 Å². The van der Waals surface area contributed by atoms with Crippen molar-refractivity contribution in [3.63, 3.8) is 0 Å². The highest BCUT2D eigenvalue weighted by molar-refractivity contribution is 5.35. The van der Waals surface area contributed by atoms with Gasteiger partial charge in [0.2, 0.25) is 0 Å². The number of benzene rings is 1. The molecule has 0 atom stereocenters. The first-order valence-electron chi connectivity index (χ1n) is 6.63. The standard InChI is InChI=1S/C15H19N3O2/c1-10(2)18-14(19)8-13(17-15(18)20)16-9-12-7-5-4-6-11(12)3/h4-8,10,16H,9H2,1-3H3,(H,17,20). The second-order valence-electron chi connectivity index (χ2n) is 5.07. The zero-order chi connectivity index (χ0) is 14.7. The van der Waals surface area contributed by atoms with E-state index in [-0.39, 0.29) is 17.3 Å². The maximum absolute atomic E-state index is 11.9. The number of anilines is 1. The van der Waals surface area contributed by atoms with Gasteiger partial charge in [0.05, 0.1) is 0 Å². The third-order valence-electron chi connectivity index (χ3n) is 3.21. The first-order chi connectivity index (χ1) is 9.49. The fraction of sp³-hybridized carbons (Fsp3) is 0.333. The molecule has 0 aliphatic rings. The van der Waals surface area contributed by atoms with Crippen molar-refractivity contribution in [2.75, 3.05) is 5.32 Å². The van der Waals surface area contributed by atoms with E-state index >= 15 is 0 Å². The predicted molar refractivity (Wildman–Crippen MR) is 80.2 cm³/mol. The van der Waals surface area contributed by atoms with Crippen molar-refractivity contribution in [1.29, 1.82) is 0 Å². The fourth-order valence-corrected chi connectivity index (χ4v) is 2.09. The Morgan fingerprint density at radius 2 is 1.95 bits per heavy atom. The van der Waals surface area contributed by atoms with Crippen LogP contribution in [0.1, 0.15) is 31.0 Å². The minimum Gasteiger partial charge on any atom is -0.367 e. The molecule has 0 spiro atoms. The van der Waals surface area contributed by atoms with Crippen molar-refractivity contribution in [2.24, 2.45) is 0 Å². The van der Waals surface area contributed by atoms with Gasteiger partial charge in [-0.15, -0.1) is 0 Å². The van der Waals surface area contributed by atoms with Crippen LogP contribution in [0.25, 0.3) is 0 Å². The number of H-pyrrole nitrogens is 1. The summed E-state index contributed by atoms with van der Waals surface area (Å²) >= 11 is 0. The van der Waals surface area contributed by atoms with Crippen LogP contribution in [0, 0.1) is 6.92 Å². The van der Waals surface area contributed by atoms with Crippen LogP contribution in [-0.4, -0.2) is 9.55 Å². The fourth-order valence-electron chi connectivity index (χ4n) is 2.09. The molecule has 0 radical (unpaired) electrons. The molecule has 2 N–H and O–H groups in total. The zero-order valence-electron chi connectivity index (χ0n) is 11.9. The van der Waals surface area contributed by atoms with Crippen molar-refractivity contribution in [3.8, 4) is 0 Å². The van der Waals surface area contributed by atoms with Gasteiger partial charge in [-0.3, -0.25) is 14.3 Å². The van der Waals surface area contributed by atoms with Crippen LogP contribution in [0.5, 0.6) is 0 Å². The Morgan fingerprint density at radius 3 is 2.55 bits per heavy atom. The molecule has 5 nitrogen and oxygen atoms in total. The first-order valence-corrected chi connectivity index (χ1v) is 6.63. The minimum absolute atomic E-state index is 0.156. The number of hydrogen-bond donors (Lipinski definition) is 2. The van der Waals surface area contributed by atoms with Crippen LogP contribution in [0.2, 0.25) is 0 Å². The van der Waals surface area contributed by atoms with Crippen molar-refractivity contribution in [3.05, 3.63) is 62.3 Å². The molecule has 0 aliphatic carbocycles. The molecule has 1 aromatic carbocycles. The van der Waals surface area contributed by atoms with Crippen LogP contribution in [0.15, 0.2) is 39.9 Å². The number of aromatic nitrogens is 2. The summed E-state index contributed by atoms with van der Waals surface area (Å²) in [5, 5.41) is 3.08. The Balaban J connectivity index is 2.22. The Hall–Kier alpha value is -2.30. The third kappa shape index (κ3) is 2.99. The van der Waals surface area contributed by atoms with Crippen LogP contribution < -0.4 is 16.6 Å². The van der Waals surface area contributed by atoms with E-state index in [1.807, 2.05) is 31.2 Å². The molecule has 20 heavy (non-hydrogen) atoms. The molecule has 5 heteroatoms. The normalized spacial score (nSPS) is 10.8. The smallest absolute Gasteiger partial charge is 0.330 e. The second kappa shape index (κ2) is 5.77. The molecule has 0 aliphatic heterocycles. The molecular formula is C15H19N3O2. The van der Waals surface area contributed by atoms with Gasteiger partial charge in [-0.05, 0) is 31.9 Å². The Kier molecular flexibility index (Phi) is 4.08. The molecule has 1 aromatic heterocycles. The van der Waals surface area contributed by atoms with Gasteiger partial charge in [0.25, 0.3) is 5.56 Å². The van der Waals surface area contributed by atoms with Crippen LogP contribution in [0.4, 0.5) is 5.82 Å². The lowest BCUT2D eigenvalue weighted by Crippen LogP contribution is -2.36. The predicted octanol–water partition coefficient (Wildman–Crippen LogP) is 2.04. The highest BCUT2D eigenvalue weighted by atomic mass is 16.2. The number of nitrogens with one attached hydrogen (secondary N) is 2. The number of aromatic amines is 1. The molecule has 2 rings (SSSR count). The van der Waals surface area contributed by atoms with Gasteiger partial charge >= 0.3 is 5.69 Å². The average Bonchev–Trinajstić information content (AvgIpc) is 2.36. The van der Waals surface area contributed by atoms with Crippen molar-refractivity contribution in [1.82, 2.24) is 9.55 Å². The van der Waals surface area contributed by atoms with E-state index in [4.69, 9.17) is 0 Å². The van der Waals surface area contributed by atoms with Gasteiger partial charge in [-0.2, -0.15) is 0 Å². The van der Waals surface area contributed by atoms with E-state index in [0.29, 0.717) is 12.4 Å². The number of nitrogens with zero attached hydrogens (tertiary/aromatic N) is 1. The first kappa shape index (κ1) is 14.1. The summed E-state index contributed by atoms with van der Waals surface area (Å²) in [6, 6.07) is 9.23. The lowest BCUT2D eigenvalue weighted by atomic mass is 10.1. The Labute approximate surface area is 117 Å². The largest absolute Gasteiger partial charge is 0.367 e. The van der Waals surface area contributed by atoms with Gasteiger partial charge in [0, 0.05) is 18.7 Å². The maximum atomic E-state index is 11.9. The van der Waals surface area contributed by atoms with E-state index < -0.39 is 0 Å². The summed E-state index contributed by atoms with van der Waals surface area (Å²) in [5.41, 5.74) is 1.61. The molecule has 2 aromatic rings. The summed E-state index contributed by atoms with van der Waals surface area (Å²) in [7, 11) is 0. The van der Waals surface area contributed by atoms with E-state index in [0.717, 1.165) is 11.1 Å². The van der Waals surface area contributed by atoms with Crippen molar-refractivity contribution < 1.29 is 0 Å². The van der Waals surface area contributed by atoms with E-state index in [1.54, 1.807) is 13.8 Å². The topological polar surface area (TPSA) is 66.9 Å². The van der Waals surface area contributed by atoms with Gasteiger partial charge in [0.1, 0.15) is 5.82 Å². The number of aryl methyl sites for hydroxylation is 1. The molecule has 0 saturated carbocycles. The monoisotopic (exact) mass is 273 g/mol. The van der Waals surface area contributed by atoms with Crippen molar-refractivity contribution in [2.45, 2.75) is 33.4 Å². The highest BCUT2D eigenvalue weighted by Crippen LogP contribution is 2.08. The average molecular weight is 273 g/mol. The molecule has 0 fully saturated rings. The van der Waals surface area contributed by atoms with Crippen molar-refractivity contribution >= 4 is 5.82 Å². The maximum Gasteiger partial charge on any atom is 0.330 e. The molecule has 0 saturated heterocycles. The summed E-state index contributed by atoms with van der Waals surface area (Å²) in [6.07, 6.45) is 0. The van der Waals surface area contributed by atoms with Crippen LogP contribution in [0.3, 0.4) is 0 Å². The SMILES string of the molecule is Cc1ccccc1CNc1cc(=O)n(C(C)C)c(=O)[nH]1. The molecular weight excluding hydrogens is 254 g/mol. The van der Waals surface area contributed by atoms with Gasteiger partial charge in [-0.25, -0.2) is 4.79 Å². The molecule has 1 heterocycles. The van der Waals surface area contributed by atoms with Crippen LogP contribution in [-0.2, 0) is 6.54 Å². The second-order valence-corrected chi connectivity index (χ2v) is 5.07. The summed E-state index contributed by atoms with van der Waals surface area (Å²) in [5.74, 6) is 0.445. The van der Waals surface area contributed by atoms with E-state index in [9.17, 15) is 9.59 Å². The third-order valence-corrected chi connectivity index (χ3v) is 3.21. The number of hydrogen-bond acceptors (Lipinski definition) is 3. The number of rotatable bonds is 4. The van der Waals surface area contributed by atoms with Gasteiger partial charge < -0.3 is 5.32 Å². The minimum atomic E-state index is -0.389. The Morgan fingerprint density at radius 1 is 1.25 bits per heavy atom. The molecule has 0 unspecified atom stereocenters. The highest BCUT2D eigenvalue weighted by Gasteiger charge is 2.07. The molecule has 106 valence electrons. The Bertz CT molecular complexity index is 682.